The van der Waals surface area contributed by atoms with Crippen LogP contribution in [0.2, 0.25) is 0 Å². The summed E-state index contributed by atoms with van der Waals surface area (Å²) in [5.41, 5.74) is 12.4. The Labute approximate surface area is 224 Å². The molecule has 2 rings (SSSR count). The number of aliphatic carboxylic acids is 2. The summed E-state index contributed by atoms with van der Waals surface area (Å²) < 4.78 is 0. The molecule has 4 unspecified atom stereocenters. The molecule has 1 aromatic carbocycles. The van der Waals surface area contributed by atoms with E-state index in [1.807, 2.05) is 0 Å². The molecule has 0 aliphatic rings. The monoisotopic (exact) mass is 545 g/mol. The first kappa shape index (κ1) is 30.9. The van der Waals surface area contributed by atoms with Gasteiger partial charge in [-0.05, 0) is 31.4 Å². The van der Waals surface area contributed by atoms with E-state index in [0.717, 1.165) is 0 Å². The van der Waals surface area contributed by atoms with Gasteiger partial charge in [0.05, 0.1) is 18.8 Å². The number of benzene rings is 1. The summed E-state index contributed by atoms with van der Waals surface area (Å²) in [6.07, 6.45) is 3.34. The van der Waals surface area contributed by atoms with Crippen LogP contribution in [0.25, 0.3) is 0 Å². The predicted molar refractivity (Wildman–Crippen MR) is 139 cm³/mol. The summed E-state index contributed by atoms with van der Waals surface area (Å²) in [6, 6.07) is 3.75. The standard InChI is InChI=1S/C25H35N7O7/c26-9-5-4-8-18(23(36)32-20(25(38)39)10-15-6-2-1-3-7-15)30-24(37)19(11-16-13-28-14-29-16)31-22(35)17(27)12-21(33)34/h1-3,6-7,13-14,17-20H,4-5,8-12,26-27H2,(H,28,29)(H,30,37)(H,31,35)(H,32,36)(H,33,34)(H,38,39). The fraction of sp³-hybridized carbons (Fsp3) is 0.440. The van der Waals surface area contributed by atoms with Gasteiger partial charge in [0.25, 0.3) is 0 Å². The molecule has 39 heavy (non-hydrogen) atoms. The van der Waals surface area contributed by atoms with E-state index in [1.165, 1.54) is 12.5 Å². The molecule has 0 fully saturated rings. The lowest BCUT2D eigenvalue weighted by Gasteiger charge is -2.25. The molecule has 0 aliphatic carbocycles. The second kappa shape index (κ2) is 15.8. The fourth-order valence-corrected chi connectivity index (χ4v) is 3.74. The number of imidazole rings is 1. The van der Waals surface area contributed by atoms with Crippen LogP contribution in [0, 0.1) is 0 Å². The van der Waals surface area contributed by atoms with Gasteiger partial charge >= 0.3 is 11.9 Å². The van der Waals surface area contributed by atoms with Crippen LogP contribution < -0.4 is 27.4 Å². The van der Waals surface area contributed by atoms with Gasteiger partial charge in [0.1, 0.15) is 18.1 Å². The van der Waals surface area contributed by atoms with Gasteiger partial charge in [0.2, 0.25) is 17.7 Å². The van der Waals surface area contributed by atoms with Crippen molar-refractivity contribution in [2.75, 3.05) is 6.54 Å². The van der Waals surface area contributed by atoms with Gasteiger partial charge in [-0.25, -0.2) is 9.78 Å². The molecule has 14 heteroatoms. The summed E-state index contributed by atoms with van der Waals surface area (Å²) in [5.74, 6) is -4.85. The van der Waals surface area contributed by atoms with Crippen molar-refractivity contribution in [1.82, 2.24) is 25.9 Å². The molecule has 212 valence electrons. The molecule has 4 atom stereocenters. The number of hydrogen-bond acceptors (Lipinski definition) is 8. The quantitative estimate of drug-likeness (QED) is 0.109. The Kier molecular flexibility index (Phi) is 12.6. The molecular formula is C25H35N7O7. The number of carbonyl (C=O) groups is 5. The van der Waals surface area contributed by atoms with Crippen LogP contribution >= 0.6 is 0 Å². The van der Waals surface area contributed by atoms with Gasteiger partial charge in [0, 0.05) is 24.7 Å². The van der Waals surface area contributed by atoms with Crippen molar-refractivity contribution in [3.8, 4) is 0 Å². The molecule has 0 saturated heterocycles. The number of carboxylic acid groups (broad SMARTS) is 2. The fourth-order valence-electron chi connectivity index (χ4n) is 3.74. The summed E-state index contributed by atoms with van der Waals surface area (Å²) in [6.45, 7) is 0.355. The van der Waals surface area contributed by atoms with Crippen LogP contribution in [0.3, 0.4) is 0 Å². The van der Waals surface area contributed by atoms with Crippen molar-refractivity contribution >= 4 is 29.7 Å². The number of unbranched alkanes of at least 4 members (excludes halogenated alkanes) is 1. The Morgan fingerprint density at radius 1 is 0.872 bits per heavy atom. The molecule has 1 aromatic heterocycles. The van der Waals surface area contributed by atoms with Crippen LogP contribution in [0.15, 0.2) is 42.9 Å². The lowest BCUT2D eigenvalue weighted by atomic mass is 10.0. The summed E-state index contributed by atoms with van der Waals surface area (Å²) in [7, 11) is 0. The molecule has 0 bridgehead atoms. The highest BCUT2D eigenvalue weighted by atomic mass is 16.4. The third-order valence-electron chi connectivity index (χ3n) is 5.82. The zero-order valence-corrected chi connectivity index (χ0v) is 21.3. The van der Waals surface area contributed by atoms with E-state index in [1.54, 1.807) is 30.3 Å². The summed E-state index contributed by atoms with van der Waals surface area (Å²) in [4.78, 5) is 68.4. The number of nitrogens with zero attached hydrogens (tertiary/aromatic N) is 1. The van der Waals surface area contributed by atoms with Crippen LogP contribution in [0.4, 0.5) is 0 Å². The third kappa shape index (κ3) is 10.9. The molecule has 14 nitrogen and oxygen atoms in total. The number of carboxylic acids is 2. The van der Waals surface area contributed by atoms with Crippen LogP contribution in [0.1, 0.15) is 36.9 Å². The smallest absolute Gasteiger partial charge is 0.326 e. The maximum Gasteiger partial charge on any atom is 0.326 e. The van der Waals surface area contributed by atoms with E-state index in [4.69, 9.17) is 16.6 Å². The zero-order chi connectivity index (χ0) is 28.8. The molecule has 3 amide bonds. The highest BCUT2D eigenvalue weighted by Gasteiger charge is 2.31. The average Bonchev–Trinajstić information content (AvgIpc) is 3.40. The molecule has 0 spiro atoms. The van der Waals surface area contributed by atoms with Gasteiger partial charge in [-0.3, -0.25) is 19.2 Å². The number of nitrogens with one attached hydrogen (secondary N) is 4. The first-order valence-electron chi connectivity index (χ1n) is 12.4. The molecular weight excluding hydrogens is 510 g/mol. The van der Waals surface area contributed by atoms with E-state index in [-0.39, 0.29) is 19.3 Å². The van der Waals surface area contributed by atoms with E-state index in [0.29, 0.717) is 30.6 Å². The van der Waals surface area contributed by atoms with Gasteiger partial charge in [-0.1, -0.05) is 30.3 Å². The normalized spacial score (nSPS) is 13.9. The molecule has 0 radical (unpaired) electrons. The maximum atomic E-state index is 13.3. The minimum atomic E-state index is -1.41. The highest BCUT2D eigenvalue weighted by molar-refractivity contribution is 5.94. The number of hydrogen-bond donors (Lipinski definition) is 8. The number of H-pyrrole nitrogens is 1. The van der Waals surface area contributed by atoms with Gasteiger partial charge < -0.3 is 42.6 Å². The Hall–Kier alpha value is -4.30. The van der Waals surface area contributed by atoms with E-state index in [2.05, 4.69) is 25.9 Å². The Morgan fingerprint density at radius 2 is 1.51 bits per heavy atom. The second-order valence-corrected chi connectivity index (χ2v) is 8.98. The van der Waals surface area contributed by atoms with Crippen molar-refractivity contribution in [3.63, 3.8) is 0 Å². The van der Waals surface area contributed by atoms with Crippen molar-refractivity contribution in [2.45, 2.75) is 62.7 Å². The van der Waals surface area contributed by atoms with Crippen LogP contribution in [-0.4, -0.2) is 80.6 Å². The molecule has 2 aromatic rings. The van der Waals surface area contributed by atoms with Crippen molar-refractivity contribution in [2.24, 2.45) is 11.5 Å². The Bertz CT molecular complexity index is 1100. The molecule has 0 aliphatic heterocycles. The SMILES string of the molecule is NCCCCC(NC(=O)C(Cc1cnc[nH]1)NC(=O)C(N)CC(=O)O)C(=O)NC(Cc1ccccc1)C(=O)O. The molecule has 0 saturated carbocycles. The summed E-state index contributed by atoms with van der Waals surface area (Å²) >= 11 is 0. The number of amides is 3. The zero-order valence-electron chi connectivity index (χ0n) is 21.3. The average molecular weight is 546 g/mol. The molecule has 1 heterocycles. The Morgan fingerprint density at radius 3 is 2.10 bits per heavy atom. The minimum absolute atomic E-state index is 0.0331. The third-order valence-corrected chi connectivity index (χ3v) is 5.82. The van der Waals surface area contributed by atoms with Gasteiger partial charge in [0.15, 0.2) is 0 Å². The van der Waals surface area contributed by atoms with E-state index >= 15 is 0 Å². The van der Waals surface area contributed by atoms with Crippen molar-refractivity contribution < 1.29 is 34.2 Å². The van der Waals surface area contributed by atoms with E-state index < -0.39 is 60.2 Å². The number of rotatable bonds is 17. The summed E-state index contributed by atoms with van der Waals surface area (Å²) in [5, 5.41) is 26.1. The largest absolute Gasteiger partial charge is 0.481 e. The van der Waals surface area contributed by atoms with Gasteiger partial charge in [-0.15, -0.1) is 0 Å². The maximum absolute atomic E-state index is 13.3. The first-order valence-corrected chi connectivity index (χ1v) is 12.4. The topological polar surface area (TPSA) is 243 Å². The predicted octanol–water partition coefficient (Wildman–Crippen LogP) is -1.34. The van der Waals surface area contributed by atoms with Gasteiger partial charge in [-0.2, -0.15) is 0 Å². The van der Waals surface area contributed by atoms with Crippen LogP contribution in [0.5, 0.6) is 0 Å². The van der Waals surface area contributed by atoms with Crippen molar-refractivity contribution in [1.29, 1.82) is 0 Å². The minimum Gasteiger partial charge on any atom is -0.481 e. The number of nitrogens with two attached hydrogens (primary N) is 2. The van der Waals surface area contributed by atoms with Crippen LogP contribution in [-0.2, 0) is 36.8 Å². The number of aromatic amines is 1. The lowest BCUT2D eigenvalue weighted by Crippen LogP contribution is -2.58. The van der Waals surface area contributed by atoms with E-state index in [9.17, 15) is 29.1 Å². The highest BCUT2D eigenvalue weighted by Crippen LogP contribution is 2.08. The Balaban J connectivity index is 2.19. The molecule has 10 N–H and O–H groups in total. The lowest BCUT2D eigenvalue weighted by molar-refractivity contribution is -0.142. The number of aromatic nitrogens is 2. The second-order valence-electron chi connectivity index (χ2n) is 8.98. The first-order chi connectivity index (χ1) is 18.6. The van der Waals surface area contributed by atoms with Crippen molar-refractivity contribution in [3.05, 3.63) is 54.1 Å². The number of carbonyl (C=O) groups excluding carboxylic acids is 3.